The standard InChI is InChI=1S/C18H32N2S/c1-3-5-9-14(4-2)12-16(20-19)18-13-15-10-7-6-8-11-17(15)21-18/h13-14,16,20H,3-12,19H2,1-2H3. The predicted octanol–water partition coefficient (Wildman–Crippen LogP) is 5.13. The van der Waals surface area contributed by atoms with Crippen LogP contribution in [-0.2, 0) is 12.8 Å². The first-order valence-corrected chi connectivity index (χ1v) is 9.67. The Morgan fingerprint density at radius 2 is 2.05 bits per heavy atom. The first-order chi connectivity index (χ1) is 10.3. The molecule has 0 saturated heterocycles. The van der Waals surface area contributed by atoms with Gasteiger partial charge in [-0.3, -0.25) is 11.3 Å². The number of rotatable bonds is 8. The van der Waals surface area contributed by atoms with Gasteiger partial charge in [-0.1, -0.05) is 46.0 Å². The fraction of sp³-hybridized carbons (Fsp3) is 0.778. The summed E-state index contributed by atoms with van der Waals surface area (Å²) >= 11 is 2.02. The molecule has 2 nitrogen and oxygen atoms in total. The van der Waals surface area contributed by atoms with Crippen molar-refractivity contribution < 1.29 is 0 Å². The van der Waals surface area contributed by atoms with E-state index in [9.17, 15) is 0 Å². The number of aryl methyl sites for hydroxylation is 2. The smallest absolute Gasteiger partial charge is 0.0556 e. The van der Waals surface area contributed by atoms with E-state index >= 15 is 0 Å². The molecule has 1 aromatic rings. The van der Waals surface area contributed by atoms with Gasteiger partial charge in [0.1, 0.15) is 0 Å². The molecule has 0 spiro atoms. The summed E-state index contributed by atoms with van der Waals surface area (Å²) in [5.74, 6) is 6.68. The van der Waals surface area contributed by atoms with Crippen molar-refractivity contribution in [3.63, 3.8) is 0 Å². The van der Waals surface area contributed by atoms with Crippen LogP contribution in [0.2, 0.25) is 0 Å². The molecule has 0 fully saturated rings. The van der Waals surface area contributed by atoms with Gasteiger partial charge >= 0.3 is 0 Å². The van der Waals surface area contributed by atoms with Crippen molar-refractivity contribution in [2.75, 3.05) is 0 Å². The molecule has 2 atom stereocenters. The first kappa shape index (κ1) is 17.0. The second-order valence-electron chi connectivity index (χ2n) is 6.53. The Kier molecular flexibility index (Phi) is 7.21. The molecule has 0 radical (unpaired) electrons. The van der Waals surface area contributed by atoms with E-state index in [1.165, 1.54) is 69.1 Å². The van der Waals surface area contributed by atoms with Gasteiger partial charge in [0, 0.05) is 9.75 Å². The van der Waals surface area contributed by atoms with Gasteiger partial charge in [-0.15, -0.1) is 11.3 Å². The second kappa shape index (κ2) is 8.92. The number of nitrogens with two attached hydrogens (primary N) is 1. The molecule has 0 bridgehead atoms. The maximum atomic E-state index is 5.88. The monoisotopic (exact) mass is 308 g/mol. The van der Waals surface area contributed by atoms with E-state index in [1.54, 1.807) is 10.4 Å². The van der Waals surface area contributed by atoms with Crippen LogP contribution in [0, 0.1) is 5.92 Å². The number of hydrogen-bond acceptors (Lipinski definition) is 3. The number of fused-ring (bicyclic) bond motifs is 1. The summed E-state index contributed by atoms with van der Waals surface area (Å²) in [6.45, 7) is 4.60. The molecule has 1 heterocycles. The third kappa shape index (κ3) is 4.80. The quantitative estimate of drug-likeness (QED) is 0.397. The molecule has 120 valence electrons. The Bertz CT molecular complexity index is 390. The van der Waals surface area contributed by atoms with Gasteiger partial charge in [0.25, 0.3) is 0 Å². The second-order valence-corrected chi connectivity index (χ2v) is 7.70. The van der Waals surface area contributed by atoms with Crippen molar-refractivity contribution in [3.8, 4) is 0 Å². The van der Waals surface area contributed by atoms with Gasteiger partial charge in [-0.2, -0.15) is 0 Å². The maximum absolute atomic E-state index is 5.88. The number of unbranched alkanes of at least 4 members (excludes halogenated alkanes) is 1. The molecule has 1 aromatic heterocycles. The van der Waals surface area contributed by atoms with E-state index in [4.69, 9.17) is 5.84 Å². The molecule has 0 aromatic carbocycles. The third-order valence-corrected chi connectivity index (χ3v) is 6.27. The van der Waals surface area contributed by atoms with Crippen LogP contribution in [0.1, 0.15) is 86.6 Å². The minimum atomic E-state index is 0.351. The number of thiophene rings is 1. The molecule has 1 aliphatic carbocycles. The lowest BCUT2D eigenvalue weighted by Crippen LogP contribution is -2.29. The lowest BCUT2D eigenvalue weighted by Gasteiger charge is -2.21. The van der Waals surface area contributed by atoms with Crippen molar-refractivity contribution in [1.29, 1.82) is 0 Å². The van der Waals surface area contributed by atoms with Gasteiger partial charge in [-0.25, -0.2) is 0 Å². The van der Waals surface area contributed by atoms with Gasteiger partial charge in [0.15, 0.2) is 0 Å². The molecule has 21 heavy (non-hydrogen) atoms. The maximum Gasteiger partial charge on any atom is 0.0556 e. The molecule has 1 aliphatic rings. The van der Waals surface area contributed by atoms with Gasteiger partial charge in [0.05, 0.1) is 6.04 Å². The topological polar surface area (TPSA) is 38.0 Å². The Morgan fingerprint density at radius 1 is 1.24 bits per heavy atom. The highest BCUT2D eigenvalue weighted by Crippen LogP contribution is 2.35. The third-order valence-electron chi connectivity index (χ3n) is 4.92. The summed E-state index contributed by atoms with van der Waals surface area (Å²) in [6, 6.07) is 2.80. The van der Waals surface area contributed by atoms with Crippen LogP contribution in [0.25, 0.3) is 0 Å². The van der Waals surface area contributed by atoms with Crippen molar-refractivity contribution >= 4 is 11.3 Å². The Labute approximate surface area is 134 Å². The van der Waals surface area contributed by atoms with Crippen LogP contribution < -0.4 is 11.3 Å². The summed E-state index contributed by atoms with van der Waals surface area (Å²) in [5, 5.41) is 0. The lowest BCUT2D eigenvalue weighted by molar-refractivity contribution is 0.359. The predicted molar refractivity (Wildman–Crippen MR) is 93.6 cm³/mol. The van der Waals surface area contributed by atoms with Gasteiger partial charge in [0.2, 0.25) is 0 Å². The number of hydrogen-bond donors (Lipinski definition) is 2. The zero-order valence-electron chi connectivity index (χ0n) is 13.8. The molecule has 3 N–H and O–H groups in total. The van der Waals surface area contributed by atoms with Crippen molar-refractivity contribution in [3.05, 3.63) is 21.4 Å². The highest BCUT2D eigenvalue weighted by molar-refractivity contribution is 7.12. The molecular formula is C18H32N2S. The van der Waals surface area contributed by atoms with E-state index in [1.807, 2.05) is 11.3 Å². The minimum absolute atomic E-state index is 0.351. The summed E-state index contributed by atoms with van der Waals surface area (Å²) < 4.78 is 0. The summed E-state index contributed by atoms with van der Waals surface area (Å²) in [4.78, 5) is 3.10. The van der Waals surface area contributed by atoms with Crippen LogP contribution in [0.4, 0.5) is 0 Å². The minimum Gasteiger partial charge on any atom is -0.271 e. The van der Waals surface area contributed by atoms with Crippen LogP contribution in [0.5, 0.6) is 0 Å². The summed E-state index contributed by atoms with van der Waals surface area (Å²) in [5.41, 5.74) is 4.70. The van der Waals surface area contributed by atoms with Crippen LogP contribution in [-0.4, -0.2) is 0 Å². The molecule has 2 unspecified atom stereocenters. The van der Waals surface area contributed by atoms with Crippen molar-refractivity contribution in [1.82, 2.24) is 5.43 Å². The molecular weight excluding hydrogens is 276 g/mol. The van der Waals surface area contributed by atoms with E-state index < -0.39 is 0 Å². The fourth-order valence-electron chi connectivity index (χ4n) is 3.44. The van der Waals surface area contributed by atoms with Crippen LogP contribution in [0.15, 0.2) is 6.07 Å². The zero-order valence-corrected chi connectivity index (χ0v) is 14.6. The fourth-order valence-corrected chi connectivity index (χ4v) is 4.77. The largest absolute Gasteiger partial charge is 0.271 e. The SMILES string of the molecule is CCCCC(CC)CC(NN)c1cc2c(s1)CCCCC2. The van der Waals surface area contributed by atoms with E-state index in [0.717, 1.165) is 5.92 Å². The Balaban J connectivity index is 2.03. The summed E-state index contributed by atoms with van der Waals surface area (Å²) in [6.07, 6.45) is 13.1. The van der Waals surface area contributed by atoms with Crippen LogP contribution in [0.3, 0.4) is 0 Å². The molecule has 2 rings (SSSR count). The zero-order chi connectivity index (χ0) is 15.1. The highest BCUT2D eigenvalue weighted by atomic mass is 32.1. The van der Waals surface area contributed by atoms with Gasteiger partial charge in [-0.05, 0) is 49.7 Å². The van der Waals surface area contributed by atoms with E-state index in [2.05, 4.69) is 25.3 Å². The van der Waals surface area contributed by atoms with Crippen molar-refractivity contribution in [2.45, 2.75) is 84.1 Å². The van der Waals surface area contributed by atoms with E-state index in [0.29, 0.717) is 6.04 Å². The lowest BCUT2D eigenvalue weighted by atomic mass is 9.91. The Hall–Kier alpha value is -0.380. The molecule has 0 aliphatic heterocycles. The Morgan fingerprint density at radius 3 is 2.76 bits per heavy atom. The molecule has 0 saturated carbocycles. The molecule has 0 amide bonds. The normalized spacial score (nSPS) is 18.0. The number of hydrazine groups is 1. The highest BCUT2D eigenvalue weighted by Gasteiger charge is 2.20. The van der Waals surface area contributed by atoms with Crippen LogP contribution >= 0.6 is 11.3 Å². The average Bonchev–Trinajstić information content (AvgIpc) is 2.78. The summed E-state index contributed by atoms with van der Waals surface area (Å²) in [7, 11) is 0. The number of nitrogens with one attached hydrogen (secondary N) is 1. The average molecular weight is 309 g/mol. The van der Waals surface area contributed by atoms with Gasteiger partial charge < -0.3 is 0 Å². The molecule has 3 heteroatoms. The van der Waals surface area contributed by atoms with Crippen molar-refractivity contribution in [2.24, 2.45) is 11.8 Å². The van der Waals surface area contributed by atoms with E-state index in [-0.39, 0.29) is 0 Å². The first-order valence-electron chi connectivity index (χ1n) is 8.86.